The fraction of sp³-hybridized carbons (Fsp3) is 0.533. The van der Waals surface area contributed by atoms with Crippen molar-refractivity contribution in [3.8, 4) is 5.75 Å². The molecule has 1 aromatic carbocycles. The predicted molar refractivity (Wildman–Crippen MR) is 81.1 cm³/mol. The van der Waals surface area contributed by atoms with Gasteiger partial charge in [-0.15, -0.1) is 0 Å². The summed E-state index contributed by atoms with van der Waals surface area (Å²) in [5.74, 6) is 0.761. The van der Waals surface area contributed by atoms with Crippen LogP contribution in [0.4, 0.5) is 0 Å². The van der Waals surface area contributed by atoms with Crippen molar-refractivity contribution in [1.29, 1.82) is 0 Å². The van der Waals surface area contributed by atoms with Crippen molar-refractivity contribution in [2.45, 2.75) is 25.0 Å². The molecule has 0 bridgehead atoms. The Hall–Kier alpha value is -1.56. The maximum atomic E-state index is 12.2. The van der Waals surface area contributed by atoms with Crippen molar-refractivity contribution in [2.24, 2.45) is 0 Å². The van der Waals surface area contributed by atoms with Gasteiger partial charge in [0.05, 0.1) is 18.3 Å². The van der Waals surface area contributed by atoms with Crippen LogP contribution >= 0.6 is 0 Å². The largest absolute Gasteiger partial charge is 0.494 e. The minimum Gasteiger partial charge on any atom is -0.494 e. The monoisotopic (exact) mass is 311 g/mol. The standard InChI is InChI=1S/C15H21NO4S/c1-3-20-13-6-4-12(5-7-13)10-15(17)16-9-8-14(11-16)21(2,18)19/h4-7,14H,3,8-11H2,1-2H3. The average Bonchev–Trinajstić information content (AvgIpc) is 2.91. The van der Waals surface area contributed by atoms with Gasteiger partial charge in [-0.3, -0.25) is 4.79 Å². The van der Waals surface area contributed by atoms with Gasteiger partial charge in [-0.05, 0) is 31.0 Å². The zero-order chi connectivity index (χ0) is 15.5. The first-order valence-electron chi connectivity index (χ1n) is 7.08. The highest BCUT2D eigenvalue weighted by Gasteiger charge is 2.32. The summed E-state index contributed by atoms with van der Waals surface area (Å²) in [5, 5.41) is -0.415. The maximum absolute atomic E-state index is 12.2. The first-order chi connectivity index (χ1) is 9.90. The molecular weight excluding hydrogens is 290 g/mol. The van der Waals surface area contributed by atoms with Crippen LogP contribution in [0.25, 0.3) is 0 Å². The normalized spacial score (nSPS) is 18.8. The number of rotatable bonds is 5. The minimum absolute atomic E-state index is 0.0229. The molecule has 0 aromatic heterocycles. The molecule has 5 nitrogen and oxygen atoms in total. The Labute approximate surface area is 125 Å². The maximum Gasteiger partial charge on any atom is 0.227 e. The van der Waals surface area contributed by atoms with Crippen LogP contribution in [-0.2, 0) is 21.1 Å². The first-order valence-corrected chi connectivity index (χ1v) is 9.04. The molecule has 1 unspecified atom stereocenters. The fourth-order valence-corrected chi connectivity index (χ4v) is 3.45. The Balaban J connectivity index is 1.93. The highest BCUT2D eigenvalue weighted by molar-refractivity contribution is 7.91. The van der Waals surface area contributed by atoms with Crippen molar-refractivity contribution >= 4 is 15.7 Å². The Kier molecular flexibility index (Phi) is 4.88. The van der Waals surface area contributed by atoms with Gasteiger partial charge in [-0.2, -0.15) is 0 Å². The number of likely N-dealkylation sites (tertiary alicyclic amines) is 1. The van der Waals surface area contributed by atoms with Crippen molar-refractivity contribution in [1.82, 2.24) is 4.90 Å². The van der Waals surface area contributed by atoms with Crippen LogP contribution in [-0.4, -0.2) is 50.4 Å². The molecule has 1 aromatic rings. The van der Waals surface area contributed by atoms with Crippen LogP contribution in [0.15, 0.2) is 24.3 Å². The quantitative estimate of drug-likeness (QED) is 0.821. The summed E-state index contributed by atoms with van der Waals surface area (Å²) >= 11 is 0. The number of carbonyl (C=O) groups excluding carboxylic acids is 1. The van der Waals surface area contributed by atoms with Crippen molar-refractivity contribution in [2.75, 3.05) is 26.0 Å². The first kappa shape index (κ1) is 15.8. The fourth-order valence-electron chi connectivity index (χ4n) is 2.46. The van der Waals surface area contributed by atoms with Crippen LogP contribution < -0.4 is 4.74 Å². The average molecular weight is 311 g/mol. The second kappa shape index (κ2) is 6.47. The Morgan fingerprint density at radius 3 is 2.52 bits per heavy atom. The van der Waals surface area contributed by atoms with E-state index >= 15 is 0 Å². The van der Waals surface area contributed by atoms with Gasteiger partial charge in [0, 0.05) is 19.3 Å². The minimum atomic E-state index is -3.06. The van der Waals surface area contributed by atoms with E-state index in [1.807, 2.05) is 31.2 Å². The third-order valence-corrected chi connectivity index (χ3v) is 5.29. The lowest BCUT2D eigenvalue weighted by Crippen LogP contribution is -2.32. The van der Waals surface area contributed by atoms with Crippen LogP contribution in [0.2, 0.25) is 0 Å². The summed E-state index contributed by atoms with van der Waals surface area (Å²) in [6, 6.07) is 7.42. The second-order valence-corrected chi connectivity index (χ2v) is 7.66. The van der Waals surface area contributed by atoms with Gasteiger partial charge < -0.3 is 9.64 Å². The van der Waals surface area contributed by atoms with Crippen molar-refractivity contribution in [3.05, 3.63) is 29.8 Å². The van der Waals surface area contributed by atoms with Gasteiger partial charge in [-0.25, -0.2) is 8.42 Å². The van der Waals surface area contributed by atoms with E-state index in [2.05, 4.69) is 0 Å². The van der Waals surface area contributed by atoms with E-state index in [1.54, 1.807) is 4.90 Å². The van der Waals surface area contributed by atoms with Gasteiger partial charge in [0.25, 0.3) is 0 Å². The van der Waals surface area contributed by atoms with Gasteiger partial charge in [-0.1, -0.05) is 12.1 Å². The molecule has 1 heterocycles. The highest BCUT2D eigenvalue weighted by Crippen LogP contribution is 2.18. The molecule has 1 saturated heterocycles. The summed E-state index contributed by atoms with van der Waals surface area (Å²) in [6.45, 7) is 3.37. The zero-order valence-corrected chi connectivity index (χ0v) is 13.2. The number of ether oxygens (including phenoxy) is 1. The number of hydrogen-bond donors (Lipinski definition) is 0. The molecule has 0 spiro atoms. The van der Waals surface area contributed by atoms with Gasteiger partial charge in [0.2, 0.25) is 5.91 Å². The third-order valence-electron chi connectivity index (χ3n) is 3.69. The van der Waals surface area contributed by atoms with Gasteiger partial charge >= 0.3 is 0 Å². The lowest BCUT2D eigenvalue weighted by atomic mass is 10.1. The molecule has 0 N–H and O–H groups in total. The molecule has 0 radical (unpaired) electrons. The number of hydrogen-bond acceptors (Lipinski definition) is 4. The Morgan fingerprint density at radius 1 is 1.33 bits per heavy atom. The van der Waals surface area contributed by atoms with Gasteiger partial charge in [0.1, 0.15) is 5.75 Å². The summed E-state index contributed by atoms with van der Waals surface area (Å²) in [5.41, 5.74) is 0.909. The molecule has 116 valence electrons. The summed E-state index contributed by atoms with van der Waals surface area (Å²) in [6.07, 6.45) is 2.06. The molecule has 1 atom stereocenters. The zero-order valence-electron chi connectivity index (χ0n) is 12.4. The lowest BCUT2D eigenvalue weighted by molar-refractivity contribution is -0.129. The summed E-state index contributed by atoms with van der Waals surface area (Å²) in [7, 11) is -3.06. The smallest absolute Gasteiger partial charge is 0.227 e. The molecule has 1 aliphatic heterocycles. The van der Waals surface area contributed by atoms with E-state index in [-0.39, 0.29) is 5.91 Å². The van der Waals surface area contributed by atoms with E-state index in [0.29, 0.717) is 32.5 Å². The number of amides is 1. The predicted octanol–water partition coefficient (Wildman–Crippen LogP) is 1.27. The number of nitrogens with zero attached hydrogens (tertiary/aromatic N) is 1. The molecule has 0 aliphatic carbocycles. The van der Waals surface area contributed by atoms with E-state index in [0.717, 1.165) is 11.3 Å². The Morgan fingerprint density at radius 2 is 2.00 bits per heavy atom. The van der Waals surface area contributed by atoms with Gasteiger partial charge in [0.15, 0.2) is 9.84 Å². The summed E-state index contributed by atoms with van der Waals surface area (Å²) in [4.78, 5) is 13.8. The molecule has 1 fully saturated rings. The third kappa shape index (κ3) is 4.20. The number of benzene rings is 1. The van der Waals surface area contributed by atoms with Crippen LogP contribution in [0, 0.1) is 0 Å². The van der Waals surface area contributed by atoms with Crippen LogP contribution in [0.1, 0.15) is 18.9 Å². The van der Waals surface area contributed by atoms with Crippen LogP contribution in [0.3, 0.4) is 0 Å². The van der Waals surface area contributed by atoms with E-state index in [4.69, 9.17) is 4.74 Å². The Bertz CT molecular complexity index is 595. The van der Waals surface area contributed by atoms with Crippen LogP contribution in [0.5, 0.6) is 5.75 Å². The number of carbonyl (C=O) groups is 1. The van der Waals surface area contributed by atoms with Crippen molar-refractivity contribution in [3.63, 3.8) is 0 Å². The molecule has 1 aliphatic rings. The SMILES string of the molecule is CCOc1ccc(CC(=O)N2CCC(S(C)(=O)=O)C2)cc1. The highest BCUT2D eigenvalue weighted by atomic mass is 32.2. The topological polar surface area (TPSA) is 63.7 Å². The molecule has 0 saturated carbocycles. The molecule has 6 heteroatoms. The molecular formula is C15H21NO4S. The van der Waals surface area contributed by atoms with E-state index in [9.17, 15) is 13.2 Å². The molecule has 1 amide bonds. The lowest BCUT2D eigenvalue weighted by Gasteiger charge is -2.16. The summed E-state index contributed by atoms with van der Waals surface area (Å²) < 4.78 is 28.4. The molecule has 2 rings (SSSR count). The van der Waals surface area contributed by atoms with Crippen molar-refractivity contribution < 1.29 is 17.9 Å². The second-order valence-electron chi connectivity index (χ2n) is 5.33. The van der Waals surface area contributed by atoms with E-state index in [1.165, 1.54) is 6.26 Å². The molecule has 21 heavy (non-hydrogen) atoms. The van der Waals surface area contributed by atoms with E-state index < -0.39 is 15.1 Å². The number of sulfone groups is 1.